The number of carboxylic acids is 1. The van der Waals surface area contributed by atoms with E-state index in [-0.39, 0.29) is 11.8 Å². The molecule has 0 spiro atoms. The maximum atomic E-state index is 11.1. The smallest absolute Gasteiger partial charge is 0.308 e. The number of benzene rings is 1. The van der Waals surface area contributed by atoms with Gasteiger partial charge in [0.15, 0.2) is 0 Å². The predicted molar refractivity (Wildman–Crippen MR) is 73.3 cm³/mol. The van der Waals surface area contributed by atoms with E-state index in [1.807, 2.05) is 19.1 Å². The summed E-state index contributed by atoms with van der Waals surface area (Å²) in [6.07, 6.45) is 0. The van der Waals surface area contributed by atoms with E-state index >= 15 is 0 Å². The Morgan fingerprint density at radius 3 is 2.79 bits per heavy atom. The van der Waals surface area contributed by atoms with Crippen LogP contribution in [0, 0.1) is 18.8 Å². The molecule has 1 aliphatic heterocycles. The van der Waals surface area contributed by atoms with Crippen LogP contribution < -0.4 is 4.74 Å². The van der Waals surface area contributed by atoms with Crippen molar-refractivity contribution in [1.29, 1.82) is 0 Å². The summed E-state index contributed by atoms with van der Waals surface area (Å²) in [6, 6.07) is 6.10. The van der Waals surface area contributed by atoms with E-state index in [0.717, 1.165) is 24.4 Å². The van der Waals surface area contributed by atoms with Gasteiger partial charge in [-0.05, 0) is 18.9 Å². The highest BCUT2D eigenvalue weighted by Crippen LogP contribution is 2.27. The van der Waals surface area contributed by atoms with E-state index in [4.69, 9.17) is 9.84 Å². The Morgan fingerprint density at radius 1 is 1.47 bits per heavy atom. The molecule has 1 aromatic carbocycles. The molecule has 1 saturated heterocycles. The van der Waals surface area contributed by atoms with Crippen molar-refractivity contribution in [3.8, 4) is 5.75 Å². The summed E-state index contributed by atoms with van der Waals surface area (Å²) in [4.78, 5) is 13.3. The molecule has 0 aliphatic carbocycles. The van der Waals surface area contributed by atoms with Crippen LogP contribution in [0.25, 0.3) is 0 Å². The molecule has 2 rings (SSSR count). The summed E-state index contributed by atoms with van der Waals surface area (Å²) in [5, 5.41) is 9.16. The van der Waals surface area contributed by atoms with Gasteiger partial charge in [-0.2, -0.15) is 0 Å². The molecule has 0 saturated carbocycles. The molecule has 4 heteroatoms. The Balaban J connectivity index is 2.10. The van der Waals surface area contributed by atoms with Gasteiger partial charge in [-0.15, -0.1) is 0 Å². The van der Waals surface area contributed by atoms with Crippen molar-refractivity contribution in [2.24, 2.45) is 11.8 Å². The van der Waals surface area contributed by atoms with Crippen molar-refractivity contribution in [2.45, 2.75) is 20.4 Å². The minimum atomic E-state index is -0.689. The molecule has 4 nitrogen and oxygen atoms in total. The Morgan fingerprint density at radius 2 is 2.21 bits per heavy atom. The lowest BCUT2D eigenvalue weighted by Crippen LogP contribution is -2.23. The summed E-state index contributed by atoms with van der Waals surface area (Å²) in [7, 11) is 1.67. The number of hydrogen-bond donors (Lipinski definition) is 1. The van der Waals surface area contributed by atoms with Gasteiger partial charge in [0.1, 0.15) is 5.75 Å². The second-order valence-electron chi connectivity index (χ2n) is 5.43. The highest BCUT2D eigenvalue weighted by Gasteiger charge is 2.34. The van der Waals surface area contributed by atoms with Gasteiger partial charge in [0.25, 0.3) is 0 Å². The summed E-state index contributed by atoms with van der Waals surface area (Å²) >= 11 is 0. The van der Waals surface area contributed by atoms with Gasteiger partial charge < -0.3 is 9.84 Å². The Labute approximate surface area is 114 Å². The van der Waals surface area contributed by atoms with Crippen molar-refractivity contribution in [3.63, 3.8) is 0 Å². The van der Waals surface area contributed by atoms with Crippen LogP contribution in [0.3, 0.4) is 0 Å². The number of hydrogen-bond acceptors (Lipinski definition) is 3. The van der Waals surface area contributed by atoms with E-state index in [0.29, 0.717) is 6.54 Å². The van der Waals surface area contributed by atoms with Crippen molar-refractivity contribution in [2.75, 3.05) is 20.2 Å². The Kier molecular flexibility index (Phi) is 4.10. The van der Waals surface area contributed by atoms with E-state index in [1.54, 1.807) is 7.11 Å². The minimum absolute atomic E-state index is 0.202. The maximum Gasteiger partial charge on any atom is 0.308 e. The Bertz CT molecular complexity index is 472. The highest BCUT2D eigenvalue weighted by molar-refractivity contribution is 5.71. The number of aryl methyl sites for hydroxylation is 1. The average molecular weight is 263 g/mol. The zero-order chi connectivity index (χ0) is 14.0. The number of carbonyl (C=O) groups is 1. The van der Waals surface area contributed by atoms with Gasteiger partial charge in [0, 0.05) is 25.2 Å². The second-order valence-corrected chi connectivity index (χ2v) is 5.43. The molecule has 1 heterocycles. The molecule has 0 unspecified atom stereocenters. The standard InChI is InChI=1S/C15H21NO3/c1-10-4-5-14(19-3)12(6-10)8-16-7-11(2)13(9-16)15(17)18/h4-6,11,13H,7-9H2,1-3H3,(H,17,18)/t11-,13-/m1/s1. The molecular formula is C15H21NO3. The molecule has 1 aliphatic rings. The number of likely N-dealkylation sites (tertiary alicyclic amines) is 1. The summed E-state index contributed by atoms with van der Waals surface area (Å²) in [5.41, 5.74) is 2.32. The molecule has 1 aromatic rings. The topological polar surface area (TPSA) is 49.8 Å². The first-order valence-corrected chi connectivity index (χ1v) is 6.60. The van der Waals surface area contributed by atoms with Gasteiger partial charge in [0.05, 0.1) is 13.0 Å². The van der Waals surface area contributed by atoms with Crippen LogP contribution in [0.15, 0.2) is 18.2 Å². The van der Waals surface area contributed by atoms with Crippen LogP contribution in [0.4, 0.5) is 0 Å². The van der Waals surface area contributed by atoms with Crippen LogP contribution >= 0.6 is 0 Å². The first-order chi connectivity index (χ1) is 9.01. The van der Waals surface area contributed by atoms with Crippen molar-refractivity contribution in [3.05, 3.63) is 29.3 Å². The van der Waals surface area contributed by atoms with E-state index < -0.39 is 5.97 Å². The molecule has 0 bridgehead atoms. The lowest BCUT2D eigenvalue weighted by Gasteiger charge is -2.18. The van der Waals surface area contributed by atoms with Gasteiger partial charge in [-0.3, -0.25) is 9.69 Å². The third-order valence-corrected chi connectivity index (χ3v) is 3.84. The third-order valence-electron chi connectivity index (χ3n) is 3.84. The number of aliphatic carboxylic acids is 1. The quantitative estimate of drug-likeness (QED) is 0.904. The van der Waals surface area contributed by atoms with E-state index in [2.05, 4.69) is 17.9 Å². The van der Waals surface area contributed by atoms with Crippen molar-refractivity contribution >= 4 is 5.97 Å². The monoisotopic (exact) mass is 263 g/mol. The summed E-state index contributed by atoms with van der Waals surface area (Å²) in [5.74, 6) is 0.132. The van der Waals surface area contributed by atoms with Crippen LogP contribution in [-0.2, 0) is 11.3 Å². The van der Waals surface area contributed by atoms with Crippen LogP contribution in [-0.4, -0.2) is 36.2 Å². The fraction of sp³-hybridized carbons (Fsp3) is 0.533. The molecule has 19 heavy (non-hydrogen) atoms. The van der Waals surface area contributed by atoms with Gasteiger partial charge >= 0.3 is 5.97 Å². The fourth-order valence-electron chi connectivity index (χ4n) is 2.79. The normalized spacial score (nSPS) is 23.5. The second kappa shape index (κ2) is 5.61. The van der Waals surface area contributed by atoms with Crippen LogP contribution in [0.5, 0.6) is 5.75 Å². The number of methoxy groups -OCH3 is 1. The first kappa shape index (κ1) is 13.9. The summed E-state index contributed by atoms with van der Waals surface area (Å²) < 4.78 is 5.37. The molecule has 0 aromatic heterocycles. The fourth-order valence-corrected chi connectivity index (χ4v) is 2.79. The zero-order valence-electron chi connectivity index (χ0n) is 11.7. The first-order valence-electron chi connectivity index (χ1n) is 6.60. The predicted octanol–water partition coefficient (Wildman–Crippen LogP) is 2.16. The van der Waals surface area contributed by atoms with Crippen LogP contribution in [0.1, 0.15) is 18.1 Å². The minimum Gasteiger partial charge on any atom is -0.496 e. The summed E-state index contributed by atoms with van der Waals surface area (Å²) in [6.45, 7) is 6.25. The lowest BCUT2D eigenvalue weighted by atomic mass is 9.99. The maximum absolute atomic E-state index is 11.1. The molecule has 1 fully saturated rings. The van der Waals surface area contributed by atoms with Gasteiger partial charge in [-0.1, -0.05) is 24.6 Å². The number of rotatable bonds is 4. The Hall–Kier alpha value is -1.55. The van der Waals surface area contributed by atoms with Crippen molar-refractivity contribution in [1.82, 2.24) is 4.90 Å². The number of nitrogens with zero attached hydrogens (tertiary/aromatic N) is 1. The molecular weight excluding hydrogens is 242 g/mol. The zero-order valence-corrected chi connectivity index (χ0v) is 11.7. The third kappa shape index (κ3) is 3.07. The molecule has 0 radical (unpaired) electrons. The highest BCUT2D eigenvalue weighted by atomic mass is 16.5. The van der Waals surface area contributed by atoms with Gasteiger partial charge in [0.2, 0.25) is 0 Å². The van der Waals surface area contributed by atoms with E-state index in [9.17, 15) is 4.79 Å². The molecule has 1 N–H and O–H groups in total. The van der Waals surface area contributed by atoms with Gasteiger partial charge in [-0.25, -0.2) is 0 Å². The van der Waals surface area contributed by atoms with Crippen molar-refractivity contribution < 1.29 is 14.6 Å². The SMILES string of the molecule is COc1ccc(C)cc1CN1C[C@@H](C)[C@H](C(=O)O)C1. The lowest BCUT2D eigenvalue weighted by molar-refractivity contribution is -0.142. The largest absolute Gasteiger partial charge is 0.496 e. The molecule has 104 valence electrons. The molecule has 2 atom stereocenters. The number of ether oxygens (including phenoxy) is 1. The van der Waals surface area contributed by atoms with Crippen LogP contribution in [0.2, 0.25) is 0 Å². The number of carboxylic acid groups (broad SMARTS) is 1. The molecule has 0 amide bonds. The average Bonchev–Trinajstić information content (AvgIpc) is 2.71. The van der Waals surface area contributed by atoms with E-state index in [1.165, 1.54) is 5.56 Å².